The number of aromatic nitrogens is 4. The van der Waals surface area contributed by atoms with Gasteiger partial charge in [-0.25, -0.2) is 14.8 Å². The molecule has 2 aromatic rings. The number of fused-ring (bicyclic) bond motifs is 1. The van der Waals surface area contributed by atoms with Crippen LogP contribution in [0.5, 0.6) is 6.01 Å². The Hall–Kier alpha value is -2.17. The van der Waals surface area contributed by atoms with Crippen LogP contribution in [0, 0.1) is 0 Å². The maximum atomic E-state index is 12.5. The summed E-state index contributed by atoms with van der Waals surface area (Å²) in [7, 11) is 0. The average molecular weight is 408 g/mol. The van der Waals surface area contributed by atoms with Crippen LogP contribution in [0.2, 0.25) is 0 Å². The maximum absolute atomic E-state index is 12.5. The van der Waals surface area contributed by atoms with Crippen molar-refractivity contribution >= 4 is 17.0 Å². The summed E-state index contributed by atoms with van der Waals surface area (Å²) in [6, 6.07) is 0.220. The minimum absolute atomic E-state index is 0.220. The number of aromatic amines is 1. The number of H-pyrrole nitrogens is 1. The summed E-state index contributed by atoms with van der Waals surface area (Å²) in [4.78, 5) is 23.8. The molecule has 1 fully saturated rings. The molecule has 0 spiro atoms. The Morgan fingerprint density at radius 1 is 1.17 bits per heavy atom. The molecule has 0 bridgehead atoms. The van der Waals surface area contributed by atoms with Gasteiger partial charge in [-0.05, 0) is 19.3 Å². The Labute approximate surface area is 171 Å². The lowest BCUT2D eigenvalue weighted by Gasteiger charge is -2.37. The number of nitrogens with zero attached hydrogens (tertiary/aromatic N) is 5. The second-order valence-corrected chi connectivity index (χ2v) is 7.25. The maximum Gasteiger partial charge on any atom is 0.327 e. The van der Waals surface area contributed by atoms with Crippen LogP contribution in [0.1, 0.15) is 39.5 Å². The number of nitrogen functional groups attached to an aromatic ring is 1. The van der Waals surface area contributed by atoms with Gasteiger partial charge in [-0.15, -0.1) is 0 Å². The SMILES string of the molecule is CCCCOc1nc(N)c2[nH]c(=O)n(CCCN(CCC)N3CCOCC3)c2n1. The lowest BCUT2D eigenvalue weighted by Crippen LogP contribution is -2.49. The molecule has 0 amide bonds. The Morgan fingerprint density at radius 3 is 2.69 bits per heavy atom. The Kier molecular flexibility index (Phi) is 7.84. The molecular weight excluding hydrogens is 374 g/mol. The number of unbranched alkanes of at least 4 members (excludes halogenated alkanes) is 1. The van der Waals surface area contributed by atoms with E-state index < -0.39 is 0 Å². The molecule has 162 valence electrons. The van der Waals surface area contributed by atoms with Crippen LogP contribution >= 0.6 is 0 Å². The quantitative estimate of drug-likeness (QED) is 0.535. The minimum atomic E-state index is -0.222. The molecular formula is C19H33N7O3. The van der Waals surface area contributed by atoms with Crippen LogP contribution in [0.4, 0.5) is 5.82 Å². The summed E-state index contributed by atoms with van der Waals surface area (Å²) in [5.41, 5.74) is 6.77. The van der Waals surface area contributed by atoms with Gasteiger partial charge in [-0.2, -0.15) is 9.97 Å². The number of ether oxygens (including phenoxy) is 2. The molecule has 1 saturated heterocycles. The molecule has 3 rings (SSSR count). The Morgan fingerprint density at radius 2 is 1.97 bits per heavy atom. The van der Waals surface area contributed by atoms with Crippen LogP contribution in [0.25, 0.3) is 11.2 Å². The van der Waals surface area contributed by atoms with Gasteiger partial charge in [0.1, 0.15) is 5.52 Å². The van der Waals surface area contributed by atoms with E-state index in [-0.39, 0.29) is 17.5 Å². The van der Waals surface area contributed by atoms with Crippen molar-refractivity contribution in [3.05, 3.63) is 10.5 Å². The lowest BCUT2D eigenvalue weighted by molar-refractivity contribution is -0.0907. The first kappa shape index (κ1) is 21.5. The summed E-state index contributed by atoms with van der Waals surface area (Å²) >= 11 is 0. The zero-order chi connectivity index (χ0) is 20.6. The van der Waals surface area contributed by atoms with Gasteiger partial charge in [-0.1, -0.05) is 20.3 Å². The topological polar surface area (TPSA) is 115 Å². The molecule has 0 saturated carbocycles. The standard InChI is InChI=1S/C19H33N7O3/c1-3-5-12-29-18-22-16(20)15-17(23-18)26(19(27)21-15)9-6-8-24(7-4-2)25-10-13-28-14-11-25/h3-14H2,1-2H3,(H,21,27)(H2,20,22,23). The highest BCUT2D eigenvalue weighted by atomic mass is 16.5. The molecule has 29 heavy (non-hydrogen) atoms. The van der Waals surface area contributed by atoms with Crippen LogP contribution in [0.3, 0.4) is 0 Å². The van der Waals surface area contributed by atoms with E-state index in [4.69, 9.17) is 15.2 Å². The molecule has 10 nitrogen and oxygen atoms in total. The third-order valence-electron chi connectivity index (χ3n) is 5.03. The average Bonchev–Trinajstić information content (AvgIpc) is 3.04. The Bertz CT molecular complexity index is 829. The summed E-state index contributed by atoms with van der Waals surface area (Å²) in [5, 5.41) is 4.72. The number of anilines is 1. The van der Waals surface area contributed by atoms with Crippen molar-refractivity contribution in [2.75, 3.05) is 51.7 Å². The van der Waals surface area contributed by atoms with Gasteiger partial charge in [0.2, 0.25) is 0 Å². The smallest absolute Gasteiger partial charge is 0.327 e. The summed E-state index contributed by atoms with van der Waals surface area (Å²) < 4.78 is 12.7. The monoisotopic (exact) mass is 407 g/mol. The number of morpholine rings is 1. The summed E-state index contributed by atoms with van der Waals surface area (Å²) in [6.07, 6.45) is 3.83. The zero-order valence-corrected chi connectivity index (χ0v) is 17.5. The van der Waals surface area contributed by atoms with Crippen molar-refractivity contribution in [1.82, 2.24) is 29.5 Å². The molecule has 3 N–H and O–H groups in total. The van der Waals surface area contributed by atoms with E-state index in [9.17, 15) is 4.79 Å². The van der Waals surface area contributed by atoms with Gasteiger partial charge in [-0.3, -0.25) is 4.57 Å². The lowest BCUT2D eigenvalue weighted by atomic mass is 10.3. The number of imidazole rings is 1. The van der Waals surface area contributed by atoms with Gasteiger partial charge < -0.3 is 20.2 Å². The number of nitrogens with two attached hydrogens (primary N) is 1. The fourth-order valence-corrected chi connectivity index (χ4v) is 3.51. The van der Waals surface area contributed by atoms with E-state index in [2.05, 4.69) is 38.8 Å². The molecule has 0 unspecified atom stereocenters. The second-order valence-electron chi connectivity index (χ2n) is 7.25. The third-order valence-corrected chi connectivity index (χ3v) is 5.03. The van der Waals surface area contributed by atoms with Crippen molar-refractivity contribution in [1.29, 1.82) is 0 Å². The normalized spacial score (nSPS) is 15.4. The molecule has 1 aliphatic heterocycles. The first-order valence-corrected chi connectivity index (χ1v) is 10.6. The molecule has 0 radical (unpaired) electrons. The van der Waals surface area contributed by atoms with Gasteiger partial charge in [0.05, 0.1) is 19.8 Å². The molecule has 0 aromatic carbocycles. The highest BCUT2D eigenvalue weighted by molar-refractivity contribution is 5.81. The molecule has 3 heterocycles. The van der Waals surface area contributed by atoms with Crippen molar-refractivity contribution in [3.63, 3.8) is 0 Å². The second kappa shape index (κ2) is 10.6. The summed E-state index contributed by atoms with van der Waals surface area (Å²) in [6.45, 7) is 10.6. The molecule has 0 aliphatic carbocycles. The van der Waals surface area contributed by atoms with Crippen molar-refractivity contribution in [2.45, 2.75) is 46.1 Å². The van der Waals surface area contributed by atoms with E-state index >= 15 is 0 Å². The number of aryl methyl sites for hydroxylation is 1. The molecule has 1 aliphatic rings. The van der Waals surface area contributed by atoms with E-state index in [0.29, 0.717) is 24.3 Å². The van der Waals surface area contributed by atoms with Crippen LogP contribution in [-0.2, 0) is 11.3 Å². The van der Waals surface area contributed by atoms with Gasteiger partial charge in [0, 0.05) is 32.7 Å². The predicted octanol–water partition coefficient (Wildman–Crippen LogP) is 1.23. The fraction of sp³-hybridized carbons (Fsp3) is 0.737. The fourth-order valence-electron chi connectivity index (χ4n) is 3.51. The van der Waals surface area contributed by atoms with E-state index in [1.807, 2.05) is 0 Å². The van der Waals surface area contributed by atoms with E-state index in [1.165, 1.54) is 0 Å². The minimum Gasteiger partial charge on any atom is -0.463 e. The first-order valence-electron chi connectivity index (χ1n) is 10.6. The number of hydrogen-bond acceptors (Lipinski definition) is 8. The predicted molar refractivity (Wildman–Crippen MR) is 112 cm³/mol. The molecule has 0 atom stereocenters. The third kappa shape index (κ3) is 5.46. The van der Waals surface area contributed by atoms with Gasteiger partial charge in [0.25, 0.3) is 0 Å². The number of hydrazine groups is 1. The van der Waals surface area contributed by atoms with Gasteiger partial charge >= 0.3 is 11.7 Å². The first-order chi connectivity index (χ1) is 14.1. The van der Waals surface area contributed by atoms with E-state index in [1.54, 1.807) is 4.57 Å². The highest BCUT2D eigenvalue weighted by Crippen LogP contribution is 2.18. The van der Waals surface area contributed by atoms with Crippen molar-refractivity contribution in [3.8, 4) is 6.01 Å². The number of nitrogens with one attached hydrogen (secondary N) is 1. The zero-order valence-electron chi connectivity index (χ0n) is 17.5. The number of hydrogen-bond donors (Lipinski definition) is 2. The number of rotatable bonds is 11. The van der Waals surface area contributed by atoms with Crippen LogP contribution in [-0.4, -0.2) is 75.5 Å². The van der Waals surface area contributed by atoms with Crippen molar-refractivity contribution < 1.29 is 9.47 Å². The van der Waals surface area contributed by atoms with E-state index in [0.717, 1.165) is 65.1 Å². The molecule has 2 aromatic heterocycles. The molecule has 10 heteroatoms. The van der Waals surface area contributed by atoms with Gasteiger partial charge in [0.15, 0.2) is 11.5 Å². The summed E-state index contributed by atoms with van der Waals surface area (Å²) in [5.74, 6) is 0.235. The largest absolute Gasteiger partial charge is 0.463 e. The van der Waals surface area contributed by atoms with Crippen LogP contribution in [0.15, 0.2) is 4.79 Å². The Balaban J connectivity index is 1.69. The van der Waals surface area contributed by atoms with Crippen LogP contribution < -0.4 is 16.2 Å². The highest BCUT2D eigenvalue weighted by Gasteiger charge is 2.19. The van der Waals surface area contributed by atoms with Crippen molar-refractivity contribution in [2.24, 2.45) is 0 Å².